The van der Waals surface area contributed by atoms with Crippen molar-refractivity contribution in [1.82, 2.24) is 10.2 Å². The SMILES string of the molecule is C[C@H](O)[C@H]1CN2CCC[C@H]2CN1. The third-order valence-corrected chi connectivity index (χ3v) is 3.13. The van der Waals surface area contributed by atoms with Gasteiger partial charge in [-0.1, -0.05) is 0 Å². The van der Waals surface area contributed by atoms with E-state index in [0.717, 1.165) is 19.1 Å². The van der Waals surface area contributed by atoms with E-state index < -0.39 is 0 Å². The van der Waals surface area contributed by atoms with E-state index in [1.807, 2.05) is 6.92 Å². The van der Waals surface area contributed by atoms with E-state index in [-0.39, 0.29) is 6.10 Å². The zero-order valence-corrected chi connectivity index (χ0v) is 7.66. The number of hydrogen-bond acceptors (Lipinski definition) is 3. The van der Waals surface area contributed by atoms with Gasteiger partial charge >= 0.3 is 0 Å². The summed E-state index contributed by atoms with van der Waals surface area (Å²) in [5.74, 6) is 0. The van der Waals surface area contributed by atoms with Gasteiger partial charge in [-0.25, -0.2) is 0 Å². The highest BCUT2D eigenvalue weighted by Crippen LogP contribution is 2.20. The molecule has 0 amide bonds. The van der Waals surface area contributed by atoms with E-state index in [1.165, 1.54) is 19.4 Å². The maximum Gasteiger partial charge on any atom is 0.0677 e. The van der Waals surface area contributed by atoms with Crippen LogP contribution in [0.25, 0.3) is 0 Å². The molecule has 2 aliphatic rings. The van der Waals surface area contributed by atoms with Gasteiger partial charge < -0.3 is 10.4 Å². The van der Waals surface area contributed by atoms with Crippen LogP contribution in [0.1, 0.15) is 19.8 Å². The highest BCUT2D eigenvalue weighted by Gasteiger charge is 2.32. The smallest absolute Gasteiger partial charge is 0.0677 e. The summed E-state index contributed by atoms with van der Waals surface area (Å²) in [6, 6.07) is 1.04. The summed E-state index contributed by atoms with van der Waals surface area (Å²) in [5.41, 5.74) is 0. The highest BCUT2D eigenvalue weighted by molar-refractivity contribution is 4.91. The van der Waals surface area contributed by atoms with Gasteiger partial charge in [0.05, 0.1) is 6.10 Å². The van der Waals surface area contributed by atoms with Gasteiger partial charge in [-0.15, -0.1) is 0 Å². The fraction of sp³-hybridized carbons (Fsp3) is 1.00. The molecule has 3 atom stereocenters. The van der Waals surface area contributed by atoms with Crippen LogP contribution in [0.5, 0.6) is 0 Å². The van der Waals surface area contributed by atoms with Gasteiger partial charge in [0.2, 0.25) is 0 Å². The fourth-order valence-corrected chi connectivity index (χ4v) is 2.29. The molecule has 2 aliphatic heterocycles. The summed E-state index contributed by atoms with van der Waals surface area (Å²) in [4.78, 5) is 2.51. The Morgan fingerprint density at radius 3 is 3.17 bits per heavy atom. The first-order chi connectivity index (χ1) is 5.77. The lowest BCUT2D eigenvalue weighted by molar-refractivity contribution is 0.0805. The minimum absolute atomic E-state index is 0.216. The van der Waals surface area contributed by atoms with Crippen molar-refractivity contribution >= 4 is 0 Å². The second-order valence-corrected chi connectivity index (χ2v) is 4.05. The highest BCUT2D eigenvalue weighted by atomic mass is 16.3. The third kappa shape index (κ3) is 1.49. The molecule has 0 unspecified atom stereocenters. The number of fused-ring (bicyclic) bond motifs is 1. The molecule has 2 N–H and O–H groups in total. The number of aliphatic hydroxyl groups is 1. The number of hydrogen-bond donors (Lipinski definition) is 2. The first-order valence-corrected chi connectivity index (χ1v) is 4.93. The lowest BCUT2D eigenvalue weighted by Crippen LogP contribution is -2.57. The summed E-state index contributed by atoms with van der Waals surface area (Å²) in [7, 11) is 0. The van der Waals surface area contributed by atoms with Crippen molar-refractivity contribution in [2.75, 3.05) is 19.6 Å². The van der Waals surface area contributed by atoms with E-state index >= 15 is 0 Å². The van der Waals surface area contributed by atoms with Crippen molar-refractivity contribution in [3.63, 3.8) is 0 Å². The van der Waals surface area contributed by atoms with E-state index in [4.69, 9.17) is 0 Å². The van der Waals surface area contributed by atoms with Crippen molar-refractivity contribution in [2.45, 2.75) is 38.0 Å². The lowest BCUT2D eigenvalue weighted by atomic mass is 10.1. The van der Waals surface area contributed by atoms with Gasteiger partial charge in [0.1, 0.15) is 0 Å². The molecule has 0 aromatic carbocycles. The van der Waals surface area contributed by atoms with Crippen LogP contribution in [0.3, 0.4) is 0 Å². The minimum atomic E-state index is -0.216. The molecule has 2 saturated heterocycles. The molecule has 70 valence electrons. The van der Waals surface area contributed by atoms with Crippen molar-refractivity contribution in [2.24, 2.45) is 0 Å². The average molecular weight is 170 g/mol. The summed E-state index contributed by atoms with van der Waals surface area (Å²) < 4.78 is 0. The van der Waals surface area contributed by atoms with Gasteiger partial charge in [-0.05, 0) is 26.3 Å². The molecule has 3 nitrogen and oxygen atoms in total. The number of piperazine rings is 1. The Kier molecular flexibility index (Phi) is 2.35. The van der Waals surface area contributed by atoms with Crippen LogP contribution in [-0.2, 0) is 0 Å². The number of nitrogens with zero attached hydrogens (tertiary/aromatic N) is 1. The Labute approximate surface area is 73.8 Å². The quantitative estimate of drug-likeness (QED) is 0.572. The second-order valence-electron chi connectivity index (χ2n) is 4.05. The molecule has 0 spiro atoms. The van der Waals surface area contributed by atoms with Crippen LogP contribution in [0.4, 0.5) is 0 Å². The van der Waals surface area contributed by atoms with Crippen LogP contribution >= 0.6 is 0 Å². The number of rotatable bonds is 1. The van der Waals surface area contributed by atoms with Crippen LogP contribution < -0.4 is 5.32 Å². The molecule has 0 saturated carbocycles. The molecule has 2 heterocycles. The van der Waals surface area contributed by atoms with Crippen LogP contribution in [-0.4, -0.2) is 47.8 Å². The Morgan fingerprint density at radius 2 is 2.42 bits per heavy atom. The predicted octanol–water partition coefficient (Wildman–Crippen LogP) is -0.197. The molecule has 0 radical (unpaired) electrons. The Bertz CT molecular complexity index is 161. The molecular weight excluding hydrogens is 152 g/mol. The van der Waals surface area contributed by atoms with Gasteiger partial charge in [-0.3, -0.25) is 4.90 Å². The zero-order chi connectivity index (χ0) is 8.55. The first-order valence-electron chi connectivity index (χ1n) is 4.93. The van der Waals surface area contributed by atoms with E-state index in [2.05, 4.69) is 10.2 Å². The Morgan fingerprint density at radius 1 is 1.58 bits per heavy atom. The summed E-state index contributed by atoms with van der Waals surface area (Å²) in [6.07, 6.45) is 2.45. The standard InChI is InChI=1S/C9H18N2O/c1-7(12)9-6-11-4-2-3-8(11)5-10-9/h7-10,12H,2-6H2,1H3/t7-,8-,9+/m0/s1. The van der Waals surface area contributed by atoms with Crippen LogP contribution in [0.15, 0.2) is 0 Å². The molecule has 0 aliphatic carbocycles. The molecule has 2 rings (SSSR count). The first kappa shape index (κ1) is 8.48. The number of aliphatic hydroxyl groups excluding tert-OH is 1. The normalized spacial score (nSPS) is 39.5. The topological polar surface area (TPSA) is 35.5 Å². The summed E-state index contributed by atoms with van der Waals surface area (Å²) in [5, 5.41) is 12.8. The second kappa shape index (κ2) is 3.32. The van der Waals surface area contributed by atoms with Crippen molar-refractivity contribution in [1.29, 1.82) is 0 Å². The average Bonchev–Trinajstić information content (AvgIpc) is 2.49. The molecule has 2 fully saturated rings. The van der Waals surface area contributed by atoms with E-state index in [1.54, 1.807) is 0 Å². The molecular formula is C9H18N2O. The molecule has 3 heteroatoms. The van der Waals surface area contributed by atoms with Crippen LogP contribution in [0, 0.1) is 0 Å². The van der Waals surface area contributed by atoms with E-state index in [0.29, 0.717) is 6.04 Å². The lowest BCUT2D eigenvalue weighted by Gasteiger charge is -2.37. The minimum Gasteiger partial charge on any atom is -0.392 e. The summed E-state index contributed by atoms with van der Waals surface area (Å²) in [6.45, 7) is 5.20. The Hall–Kier alpha value is -0.120. The monoisotopic (exact) mass is 170 g/mol. The van der Waals surface area contributed by atoms with Gasteiger partial charge in [0.25, 0.3) is 0 Å². The van der Waals surface area contributed by atoms with Crippen molar-refractivity contribution < 1.29 is 5.11 Å². The van der Waals surface area contributed by atoms with E-state index in [9.17, 15) is 5.11 Å². The van der Waals surface area contributed by atoms with Gasteiger partial charge in [-0.2, -0.15) is 0 Å². The molecule has 0 aromatic heterocycles. The third-order valence-electron chi connectivity index (χ3n) is 3.13. The number of nitrogens with one attached hydrogen (secondary N) is 1. The Balaban J connectivity index is 1.92. The molecule has 0 bridgehead atoms. The summed E-state index contributed by atoms with van der Waals surface area (Å²) >= 11 is 0. The zero-order valence-electron chi connectivity index (χ0n) is 7.66. The van der Waals surface area contributed by atoms with Crippen molar-refractivity contribution in [3.05, 3.63) is 0 Å². The molecule has 0 aromatic rings. The largest absolute Gasteiger partial charge is 0.392 e. The fourth-order valence-electron chi connectivity index (χ4n) is 2.29. The predicted molar refractivity (Wildman–Crippen MR) is 48.1 cm³/mol. The van der Waals surface area contributed by atoms with Crippen LogP contribution in [0.2, 0.25) is 0 Å². The maximum atomic E-state index is 9.41. The molecule has 12 heavy (non-hydrogen) atoms. The van der Waals surface area contributed by atoms with Gasteiger partial charge in [0.15, 0.2) is 0 Å². The van der Waals surface area contributed by atoms with Crippen molar-refractivity contribution in [3.8, 4) is 0 Å². The maximum absolute atomic E-state index is 9.41. The van der Waals surface area contributed by atoms with Gasteiger partial charge in [0, 0.05) is 25.2 Å².